The zero-order valence-corrected chi connectivity index (χ0v) is 13.1. The Morgan fingerprint density at radius 1 is 1.50 bits per heavy atom. The summed E-state index contributed by atoms with van der Waals surface area (Å²) < 4.78 is 0. The maximum absolute atomic E-state index is 12.8. The lowest BCUT2D eigenvalue weighted by Gasteiger charge is -2.44. The number of nitrogens with one attached hydrogen (secondary N) is 2. The van der Waals surface area contributed by atoms with Gasteiger partial charge in [-0.05, 0) is 35.8 Å². The molecule has 3 atom stereocenters. The predicted molar refractivity (Wildman–Crippen MR) is 84.0 cm³/mol. The molecule has 0 bridgehead atoms. The lowest BCUT2D eigenvalue weighted by atomic mass is 10.1. The van der Waals surface area contributed by atoms with E-state index < -0.39 is 0 Å². The highest BCUT2D eigenvalue weighted by Gasteiger charge is 2.52. The van der Waals surface area contributed by atoms with Gasteiger partial charge in [0.1, 0.15) is 5.25 Å². The number of nitrogens with zero attached hydrogens (tertiary/aromatic N) is 2. The summed E-state index contributed by atoms with van der Waals surface area (Å²) in [6.07, 6.45) is 0.866. The third-order valence-electron chi connectivity index (χ3n) is 3.95. The minimum Gasteiger partial charge on any atom is -0.309 e. The monoisotopic (exact) mass is 326 g/mol. The Morgan fingerprint density at radius 3 is 3.20 bits per heavy atom. The Labute approximate surface area is 130 Å². The van der Waals surface area contributed by atoms with Crippen molar-refractivity contribution in [1.29, 1.82) is 0 Å². The van der Waals surface area contributed by atoms with Gasteiger partial charge in [-0.2, -0.15) is 5.43 Å². The first-order valence-corrected chi connectivity index (χ1v) is 8.87. The first kappa shape index (κ1) is 12.9. The van der Waals surface area contributed by atoms with E-state index in [1.54, 1.807) is 23.1 Å². The largest absolute Gasteiger partial charge is 0.309 e. The van der Waals surface area contributed by atoms with Crippen molar-refractivity contribution >= 4 is 46.3 Å². The van der Waals surface area contributed by atoms with E-state index in [-0.39, 0.29) is 23.5 Å². The summed E-state index contributed by atoms with van der Waals surface area (Å²) in [5.74, 6) is 1.26. The molecule has 0 aromatic carbocycles. The van der Waals surface area contributed by atoms with Crippen LogP contribution < -0.4 is 10.9 Å². The number of thioether (sulfide) groups is 1. The predicted octanol–water partition coefficient (Wildman–Crippen LogP) is 0.943. The maximum Gasteiger partial charge on any atom is 0.240 e. The van der Waals surface area contributed by atoms with E-state index in [2.05, 4.69) is 21.8 Å². The van der Waals surface area contributed by atoms with Crippen molar-refractivity contribution in [3.8, 4) is 0 Å². The Bertz CT molecular complexity index is 549. The van der Waals surface area contributed by atoms with E-state index in [0.717, 1.165) is 12.2 Å². The molecule has 106 valence electrons. The van der Waals surface area contributed by atoms with E-state index in [1.807, 2.05) is 16.3 Å². The molecule has 3 saturated heterocycles. The Hall–Kier alpha value is -0.830. The van der Waals surface area contributed by atoms with Gasteiger partial charge in [0.25, 0.3) is 0 Å². The summed E-state index contributed by atoms with van der Waals surface area (Å²) in [6.45, 7) is 0.638. The van der Waals surface area contributed by atoms with Crippen LogP contribution in [0.5, 0.6) is 0 Å². The molecular weight excluding hydrogens is 312 g/mol. The highest BCUT2D eigenvalue weighted by molar-refractivity contribution is 8.00. The molecule has 1 amide bonds. The average Bonchev–Trinajstić information content (AvgIpc) is 3.14. The second kappa shape index (κ2) is 4.87. The minimum atomic E-state index is -0.156. The molecule has 0 aliphatic carbocycles. The van der Waals surface area contributed by atoms with E-state index in [1.165, 1.54) is 4.88 Å². The number of fused-ring (bicyclic) bond motifs is 3. The van der Waals surface area contributed by atoms with Gasteiger partial charge in [-0.15, -0.1) is 23.1 Å². The number of amides is 1. The van der Waals surface area contributed by atoms with Gasteiger partial charge in [-0.1, -0.05) is 6.07 Å². The Morgan fingerprint density at radius 2 is 2.40 bits per heavy atom. The highest BCUT2D eigenvalue weighted by atomic mass is 32.2. The van der Waals surface area contributed by atoms with Gasteiger partial charge in [0.05, 0.1) is 12.6 Å². The normalized spacial score (nSPS) is 32.3. The first-order valence-electron chi connectivity index (χ1n) is 6.54. The van der Waals surface area contributed by atoms with Crippen LogP contribution in [0.2, 0.25) is 0 Å². The van der Waals surface area contributed by atoms with Gasteiger partial charge in [0.2, 0.25) is 5.91 Å². The van der Waals surface area contributed by atoms with Crippen LogP contribution in [0, 0.1) is 0 Å². The van der Waals surface area contributed by atoms with Gasteiger partial charge in [-0.3, -0.25) is 10.2 Å². The topological polar surface area (TPSA) is 47.6 Å². The summed E-state index contributed by atoms with van der Waals surface area (Å²) in [6, 6.07) is 4.31. The molecule has 20 heavy (non-hydrogen) atoms. The average molecular weight is 326 g/mol. The smallest absolute Gasteiger partial charge is 0.240 e. The fourth-order valence-corrected chi connectivity index (χ4v) is 5.44. The molecule has 0 radical (unpaired) electrons. The third-order valence-corrected chi connectivity index (χ3v) is 6.47. The maximum atomic E-state index is 12.8. The van der Waals surface area contributed by atoms with Crippen LogP contribution in [0.4, 0.5) is 0 Å². The van der Waals surface area contributed by atoms with Crippen molar-refractivity contribution in [2.24, 2.45) is 0 Å². The van der Waals surface area contributed by atoms with E-state index in [4.69, 9.17) is 12.2 Å². The Kier molecular flexibility index (Phi) is 3.13. The van der Waals surface area contributed by atoms with Crippen LogP contribution in [-0.2, 0) is 11.3 Å². The zero-order chi connectivity index (χ0) is 13.7. The van der Waals surface area contributed by atoms with Gasteiger partial charge < -0.3 is 9.80 Å². The summed E-state index contributed by atoms with van der Waals surface area (Å²) >= 11 is 8.82. The molecule has 3 fully saturated rings. The minimum absolute atomic E-state index is 0.0193. The number of thiocarbonyl (C=S) groups is 1. The molecule has 4 rings (SSSR count). The highest BCUT2D eigenvalue weighted by Crippen LogP contribution is 2.38. The van der Waals surface area contributed by atoms with Gasteiger partial charge in [0, 0.05) is 4.88 Å². The van der Waals surface area contributed by atoms with Crippen molar-refractivity contribution in [3.63, 3.8) is 0 Å². The van der Waals surface area contributed by atoms with Crippen LogP contribution >= 0.6 is 35.3 Å². The van der Waals surface area contributed by atoms with Crippen LogP contribution in [0.25, 0.3) is 0 Å². The number of carbonyl (C=O) groups excluding carboxylic acids is 1. The van der Waals surface area contributed by atoms with Crippen molar-refractivity contribution in [1.82, 2.24) is 20.7 Å². The molecule has 3 aliphatic heterocycles. The number of hydrazine groups is 1. The first-order chi connectivity index (χ1) is 9.75. The van der Waals surface area contributed by atoms with E-state index in [9.17, 15) is 4.79 Å². The second-order valence-electron chi connectivity index (χ2n) is 5.05. The summed E-state index contributed by atoms with van der Waals surface area (Å²) in [4.78, 5) is 18.0. The van der Waals surface area contributed by atoms with E-state index in [0.29, 0.717) is 11.7 Å². The molecule has 0 spiro atoms. The van der Waals surface area contributed by atoms with Crippen LogP contribution in [0.15, 0.2) is 17.5 Å². The fraction of sp³-hybridized carbons (Fsp3) is 0.500. The van der Waals surface area contributed by atoms with Crippen LogP contribution in [-0.4, -0.2) is 44.2 Å². The number of carbonyl (C=O) groups is 1. The van der Waals surface area contributed by atoms with E-state index >= 15 is 0 Å². The summed E-state index contributed by atoms with van der Waals surface area (Å²) in [5.41, 5.74) is 6.16. The standard InChI is InChI=1S/C12H14N4OS3/c17-10-9-8(3-5-20-9)16-11(13-14-12(16)18)15(10)6-7-2-1-4-19-7/h1-2,4,8-9,11,13H,3,5-6H2,(H,14,18). The number of hydrogen-bond acceptors (Lipinski definition) is 5. The summed E-state index contributed by atoms with van der Waals surface area (Å²) in [5, 5.41) is 2.77. The van der Waals surface area contributed by atoms with Gasteiger partial charge in [-0.25, -0.2) is 0 Å². The molecule has 1 aromatic rings. The fourth-order valence-electron chi connectivity index (χ4n) is 3.05. The van der Waals surface area contributed by atoms with Crippen LogP contribution in [0.1, 0.15) is 11.3 Å². The molecule has 3 aliphatic rings. The molecule has 0 saturated carbocycles. The quantitative estimate of drug-likeness (QED) is 0.789. The van der Waals surface area contributed by atoms with Gasteiger partial charge >= 0.3 is 0 Å². The third kappa shape index (κ3) is 1.86. The zero-order valence-electron chi connectivity index (χ0n) is 10.6. The molecule has 8 heteroatoms. The Balaban J connectivity index is 1.67. The molecule has 5 nitrogen and oxygen atoms in total. The SMILES string of the molecule is O=C1C2SCCC2N2C(=S)NNC2N1Cc1cccs1. The van der Waals surface area contributed by atoms with Crippen LogP contribution in [0.3, 0.4) is 0 Å². The molecule has 2 N–H and O–H groups in total. The second-order valence-corrected chi connectivity index (χ2v) is 7.72. The van der Waals surface area contributed by atoms with Crippen molar-refractivity contribution in [2.75, 3.05) is 5.75 Å². The lowest BCUT2D eigenvalue weighted by Crippen LogP contribution is -2.65. The lowest BCUT2D eigenvalue weighted by molar-refractivity contribution is -0.144. The molecular formula is C12H14N4OS3. The molecule has 4 heterocycles. The van der Waals surface area contributed by atoms with Crippen molar-refractivity contribution in [3.05, 3.63) is 22.4 Å². The van der Waals surface area contributed by atoms with Crippen molar-refractivity contribution in [2.45, 2.75) is 30.5 Å². The molecule has 3 unspecified atom stereocenters. The van der Waals surface area contributed by atoms with Crippen molar-refractivity contribution < 1.29 is 4.79 Å². The summed E-state index contributed by atoms with van der Waals surface area (Å²) in [7, 11) is 0. The van der Waals surface area contributed by atoms with Gasteiger partial charge in [0.15, 0.2) is 11.4 Å². The number of rotatable bonds is 2. The molecule has 1 aromatic heterocycles. The number of hydrogen-bond donors (Lipinski definition) is 2. The number of thiophene rings is 1.